The first-order valence-corrected chi connectivity index (χ1v) is 7.46. The number of hydrogen-bond acceptors (Lipinski definition) is 1. The number of fused-ring (bicyclic) bond motifs is 3. The van der Waals surface area contributed by atoms with Gasteiger partial charge in [0.15, 0.2) is 0 Å². The molecule has 0 radical (unpaired) electrons. The van der Waals surface area contributed by atoms with E-state index in [1.807, 2.05) is 0 Å². The van der Waals surface area contributed by atoms with Gasteiger partial charge in [0, 0.05) is 11.5 Å². The Balaban J connectivity index is 2.02. The van der Waals surface area contributed by atoms with Gasteiger partial charge in [-0.15, -0.1) is 0 Å². The first kappa shape index (κ1) is 12.5. The van der Waals surface area contributed by atoms with E-state index in [4.69, 9.17) is 0 Å². The van der Waals surface area contributed by atoms with E-state index in [-0.39, 0.29) is 0 Å². The van der Waals surface area contributed by atoms with Crippen molar-refractivity contribution in [1.29, 1.82) is 0 Å². The lowest BCUT2D eigenvalue weighted by Crippen LogP contribution is -2.35. The van der Waals surface area contributed by atoms with Gasteiger partial charge < -0.3 is 0 Å². The highest BCUT2D eigenvalue weighted by atomic mass is 15.4. The van der Waals surface area contributed by atoms with Gasteiger partial charge in [-0.25, -0.2) is 14.0 Å². The topological polar surface area (TPSA) is 12.1 Å². The van der Waals surface area contributed by atoms with Gasteiger partial charge in [-0.2, -0.15) is 0 Å². The monoisotopic (exact) mass is 278 g/mol. The van der Waals surface area contributed by atoms with Crippen molar-refractivity contribution in [3.8, 4) is 0 Å². The fourth-order valence-electron chi connectivity index (χ4n) is 3.69. The normalized spacial score (nSPS) is 20.0. The summed E-state index contributed by atoms with van der Waals surface area (Å²) in [5.74, 6) is 1.69. The van der Waals surface area contributed by atoms with E-state index in [9.17, 15) is 0 Å². The number of aromatic nitrogens is 2. The quantitative estimate of drug-likeness (QED) is 0.729. The molecule has 3 heteroatoms. The van der Waals surface area contributed by atoms with Crippen molar-refractivity contribution in [3.63, 3.8) is 0 Å². The molecule has 1 aliphatic carbocycles. The molecule has 4 rings (SSSR count). The highest BCUT2D eigenvalue weighted by Gasteiger charge is 2.42. The number of anilines is 2. The van der Waals surface area contributed by atoms with Gasteiger partial charge in [-0.3, -0.25) is 0 Å². The zero-order chi connectivity index (χ0) is 14.6. The van der Waals surface area contributed by atoms with Crippen molar-refractivity contribution in [2.24, 2.45) is 14.1 Å². The highest BCUT2D eigenvalue weighted by Crippen LogP contribution is 2.50. The lowest BCUT2D eigenvalue weighted by atomic mass is 9.89. The molecule has 1 aliphatic heterocycles. The molecule has 2 aliphatic rings. The SMILES string of the molecule is CC1=C2C(CC=C1)c1ccccc1N2c1n(C)cc[n+]1C. The van der Waals surface area contributed by atoms with Crippen LogP contribution in [-0.4, -0.2) is 4.57 Å². The summed E-state index contributed by atoms with van der Waals surface area (Å²) in [6, 6.07) is 8.80. The maximum absolute atomic E-state index is 2.43. The summed E-state index contributed by atoms with van der Waals surface area (Å²) in [5.41, 5.74) is 5.55. The summed E-state index contributed by atoms with van der Waals surface area (Å²) >= 11 is 0. The van der Waals surface area contributed by atoms with Crippen LogP contribution in [0.5, 0.6) is 0 Å². The van der Waals surface area contributed by atoms with Gasteiger partial charge in [-0.05, 0) is 25.0 Å². The van der Waals surface area contributed by atoms with E-state index in [1.54, 1.807) is 0 Å². The standard InChI is InChI=1S/C18H20N3/c1-13-7-6-9-15-14-8-4-5-10-16(14)21(17(13)15)18-19(2)11-12-20(18)3/h4-8,10-12,15H,9H2,1-3H3/q+1. The molecular weight excluding hydrogens is 258 g/mol. The van der Waals surface area contributed by atoms with Crippen LogP contribution in [0.25, 0.3) is 0 Å². The summed E-state index contributed by atoms with van der Waals surface area (Å²) in [4.78, 5) is 2.43. The first-order chi connectivity index (χ1) is 10.2. The van der Waals surface area contributed by atoms with Crippen LogP contribution in [0.2, 0.25) is 0 Å². The van der Waals surface area contributed by atoms with Crippen LogP contribution in [0.1, 0.15) is 24.8 Å². The largest absolute Gasteiger partial charge is 0.369 e. The predicted octanol–water partition coefficient (Wildman–Crippen LogP) is 3.32. The Morgan fingerprint density at radius 2 is 2.05 bits per heavy atom. The number of rotatable bonds is 1. The number of aryl methyl sites for hydroxylation is 2. The molecular formula is C18H20N3+. The average Bonchev–Trinajstić information content (AvgIpc) is 2.98. The van der Waals surface area contributed by atoms with Crippen LogP contribution in [0.15, 0.2) is 60.1 Å². The summed E-state index contributed by atoms with van der Waals surface area (Å²) in [6.45, 7) is 2.22. The molecule has 0 fully saturated rings. The second kappa shape index (κ2) is 4.35. The third kappa shape index (κ3) is 1.63. The zero-order valence-electron chi connectivity index (χ0n) is 12.7. The zero-order valence-corrected chi connectivity index (χ0v) is 12.7. The second-order valence-corrected chi connectivity index (χ2v) is 5.97. The van der Waals surface area contributed by atoms with Crippen LogP contribution in [0.3, 0.4) is 0 Å². The first-order valence-electron chi connectivity index (χ1n) is 7.46. The fraction of sp³-hybridized carbons (Fsp3) is 0.278. The van der Waals surface area contributed by atoms with Crippen LogP contribution in [0.4, 0.5) is 11.6 Å². The van der Waals surface area contributed by atoms with E-state index >= 15 is 0 Å². The van der Waals surface area contributed by atoms with Gasteiger partial charge in [0.2, 0.25) is 0 Å². The molecule has 0 saturated carbocycles. The lowest BCUT2D eigenvalue weighted by Gasteiger charge is -2.21. The maximum Gasteiger partial charge on any atom is 0.369 e. The van der Waals surface area contributed by atoms with Gasteiger partial charge in [-0.1, -0.05) is 30.4 Å². The van der Waals surface area contributed by atoms with Crippen LogP contribution < -0.4 is 9.47 Å². The lowest BCUT2D eigenvalue weighted by molar-refractivity contribution is -0.657. The highest BCUT2D eigenvalue weighted by molar-refractivity contribution is 5.76. The molecule has 2 heterocycles. The van der Waals surface area contributed by atoms with E-state index < -0.39 is 0 Å². The Kier molecular flexibility index (Phi) is 2.58. The van der Waals surface area contributed by atoms with Crippen LogP contribution in [0, 0.1) is 0 Å². The van der Waals surface area contributed by atoms with E-state index in [1.165, 1.54) is 28.5 Å². The molecule has 21 heavy (non-hydrogen) atoms. The number of para-hydroxylation sites is 1. The molecule has 2 aromatic rings. The van der Waals surface area contributed by atoms with Crippen molar-refractivity contribution < 1.29 is 4.57 Å². The minimum atomic E-state index is 0.487. The molecule has 1 aromatic carbocycles. The Morgan fingerprint density at radius 3 is 2.81 bits per heavy atom. The van der Waals surface area contributed by atoms with Gasteiger partial charge >= 0.3 is 5.95 Å². The Hall–Kier alpha value is -2.29. The Bertz CT molecular complexity index is 760. The fourth-order valence-corrected chi connectivity index (χ4v) is 3.69. The Labute approximate surface area is 125 Å². The van der Waals surface area contributed by atoms with Crippen molar-refractivity contribution >= 4 is 11.6 Å². The smallest absolute Gasteiger partial charge is 0.237 e. The third-order valence-electron chi connectivity index (χ3n) is 4.61. The van der Waals surface area contributed by atoms with Gasteiger partial charge in [0.1, 0.15) is 5.69 Å². The molecule has 1 atom stereocenters. The number of nitrogens with zero attached hydrogens (tertiary/aromatic N) is 3. The Morgan fingerprint density at radius 1 is 1.24 bits per heavy atom. The molecule has 0 bridgehead atoms. The molecule has 0 saturated heterocycles. The molecule has 0 N–H and O–H groups in total. The minimum absolute atomic E-state index is 0.487. The average molecular weight is 278 g/mol. The molecule has 0 spiro atoms. The van der Waals surface area contributed by atoms with E-state index in [2.05, 4.69) is 83.9 Å². The van der Waals surface area contributed by atoms with Crippen molar-refractivity contribution in [3.05, 3.63) is 65.6 Å². The molecule has 1 aromatic heterocycles. The molecule has 3 nitrogen and oxygen atoms in total. The second-order valence-electron chi connectivity index (χ2n) is 5.97. The predicted molar refractivity (Wildman–Crippen MR) is 84.4 cm³/mol. The van der Waals surface area contributed by atoms with Crippen LogP contribution in [-0.2, 0) is 14.1 Å². The number of imidazole rings is 1. The number of benzene rings is 1. The van der Waals surface area contributed by atoms with Gasteiger partial charge in [0.05, 0.1) is 32.2 Å². The van der Waals surface area contributed by atoms with E-state index in [0.29, 0.717) is 5.92 Å². The third-order valence-corrected chi connectivity index (χ3v) is 4.61. The molecule has 1 unspecified atom stereocenters. The minimum Gasteiger partial charge on any atom is -0.237 e. The van der Waals surface area contributed by atoms with E-state index in [0.717, 1.165) is 6.42 Å². The summed E-state index contributed by atoms with van der Waals surface area (Å²) in [5, 5.41) is 0. The summed E-state index contributed by atoms with van der Waals surface area (Å²) in [6.07, 6.45) is 9.87. The van der Waals surface area contributed by atoms with Crippen LogP contribution >= 0.6 is 0 Å². The summed E-state index contributed by atoms with van der Waals surface area (Å²) in [7, 11) is 4.22. The van der Waals surface area contributed by atoms with Gasteiger partial charge in [0.25, 0.3) is 0 Å². The number of allylic oxidation sites excluding steroid dienone is 4. The number of hydrogen-bond donors (Lipinski definition) is 0. The maximum atomic E-state index is 2.43. The molecule has 106 valence electrons. The molecule has 0 amide bonds. The van der Waals surface area contributed by atoms with Crippen molar-refractivity contribution in [1.82, 2.24) is 4.57 Å². The van der Waals surface area contributed by atoms with Crippen molar-refractivity contribution in [2.45, 2.75) is 19.3 Å². The summed E-state index contributed by atoms with van der Waals surface area (Å²) < 4.78 is 4.38. The van der Waals surface area contributed by atoms with Crippen molar-refractivity contribution in [2.75, 3.05) is 4.90 Å².